The molecule has 146 valence electrons. The molecule has 3 rings (SSSR count). The van der Waals surface area contributed by atoms with Crippen LogP contribution in [-0.2, 0) is 22.5 Å². The van der Waals surface area contributed by atoms with Gasteiger partial charge in [-0.2, -0.15) is 4.98 Å². The third kappa shape index (κ3) is 5.02. The topological polar surface area (TPSA) is 74.9 Å². The summed E-state index contributed by atoms with van der Waals surface area (Å²) < 4.78 is 10.7. The zero-order chi connectivity index (χ0) is 18.5. The Hall–Kier alpha value is -1.51. The Labute approximate surface area is 155 Å². The second-order valence-electron chi connectivity index (χ2n) is 7.63. The van der Waals surface area contributed by atoms with Crippen molar-refractivity contribution in [1.29, 1.82) is 0 Å². The van der Waals surface area contributed by atoms with E-state index >= 15 is 0 Å². The molecular weight excluding hydrogens is 334 g/mol. The van der Waals surface area contributed by atoms with E-state index in [-0.39, 0.29) is 11.9 Å². The second kappa shape index (κ2) is 8.92. The lowest BCUT2D eigenvalue weighted by molar-refractivity contribution is -0.141. The first kappa shape index (κ1) is 19.3. The molecule has 0 aliphatic carbocycles. The molecule has 0 aromatic carbocycles. The summed E-state index contributed by atoms with van der Waals surface area (Å²) >= 11 is 0. The van der Waals surface area contributed by atoms with Crippen molar-refractivity contribution in [2.24, 2.45) is 5.92 Å². The molecular formula is C18H31N5O3. The molecule has 0 bridgehead atoms. The van der Waals surface area contributed by atoms with E-state index in [0.29, 0.717) is 38.8 Å². The molecule has 3 heterocycles. The van der Waals surface area contributed by atoms with E-state index in [1.165, 1.54) is 0 Å². The molecule has 1 amide bonds. The zero-order valence-electron chi connectivity index (χ0n) is 16.2. The smallest absolute Gasteiger partial charge is 0.239 e. The van der Waals surface area contributed by atoms with Crippen LogP contribution in [0.15, 0.2) is 4.52 Å². The van der Waals surface area contributed by atoms with Crippen LogP contribution in [0.3, 0.4) is 0 Å². The van der Waals surface area contributed by atoms with Gasteiger partial charge < -0.3 is 14.2 Å². The third-order valence-electron chi connectivity index (χ3n) is 5.09. The summed E-state index contributed by atoms with van der Waals surface area (Å²) in [5, 5.41) is 4.09. The van der Waals surface area contributed by atoms with Gasteiger partial charge in [-0.15, -0.1) is 0 Å². The van der Waals surface area contributed by atoms with Crippen LogP contribution < -0.4 is 0 Å². The number of ether oxygens (including phenoxy) is 1. The summed E-state index contributed by atoms with van der Waals surface area (Å²) in [7, 11) is 0. The van der Waals surface area contributed by atoms with E-state index in [1.54, 1.807) is 0 Å². The number of carbonyl (C=O) groups excluding carboxylic acids is 1. The van der Waals surface area contributed by atoms with Crippen molar-refractivity contribution in [3.05, 3.63) is 11.7 Å². The summed E-state index contributed by atoms with van der Waals surface area (Å²) in [6, 6.07) is -0.0712. The van der Waals surface area contributed by atoms with Crippen LogP contribution in [0.5, 0.6) is 0 Å². The first-order valence-electron chi connectivity index (χ1n) is 9.67. The fourth-order valence-electron chi connectivity index (χ4n) is 3.50. The summed E-state index contributed by atoms with van der Waals surface area (Å²) in [5.41, 5.74) is 0. The number of piperazine rings is 1. The molecule has 2 aliphatic rings. The van der Waals surface area contributed by atoms with E-state index in [2.05, 4.69) is 33.8 Å². The second-order valence-corrected chi connectivity index (χ2v) is 7.63. The van der Waals surface area contributed by atoms with Gasteiger partial charge in [0.1, 0.15) is 0 Å². The van der Waals surface area contributed by atoms with Crippen molar-refractivity contribution in [3.63, 3.8) is 0 Å². The lowest BCUT2D eigenvalue weighted by Crippen LogP contribution is -2.55. The minimum Gasteiger partial charge on any atom is -0.378 e. The Morgan fingerprint density at radius 2 is 1.77 bits per heavy atom. The Balaban J connectivity index is 1.44. The maximum atomic E-state index is 12.6. The predicted molar refractivity (Wildman–Crippen MR) is 96.6 cm³/mol. The molecule has 2 fully saturated rings. The average Bonchev–Trinajstić information content (AvgIpc) is 3.08. The van der Waals surface area contributed by atoms with E-state index in [4.69, 9.17) is 9.26 Å². The standard InChI is InChI=1S/C18H31N5O3/c1-14(2)12-17-19-16(20-26-17)13-21-4-6-22(7-5-21)15(3)18(24)23-8-10-25-11-9-23/h14-15H,4-13H2,1-3H3/t15-/m1/s1. The van der Waals surface area contributed by atoms with Gasteiger partial charge in [0.15, 0.2) is 5.82 Å². The normalized spacial score (nSPS) is 21.3. The summed E-state index contributed by atoms with van der Waals surface area (Å²) in [5.74, 6) is 2.21. The summed E-state index contributed by atoms with van der Waals surface area (Å²) in [6.45, 7) is 13.3. The quantitative estimate of drug-likeness (QED) is 0.732. The third-order valence-corrected chi connectivity index (χ3v) is 5.09. The van der Waals surface area contributed by atoms with E-state index < -0.39 is 0 Å². The molecule has 0 N–H and O–H groups in total. The minimum atomic E-state index is -0.0712. The van der Waals surface area contributed by atoms with E-state index in [9.17, 15) is 4.79 Å². The summed E-state index contributed by atoms with van der Waals surface area (Å²) in [6.07, 6.45) is 0.821. The van der Waals surface area contributed by atoms with Crippen LogP contribution in [0.1, 0.15) is 32.5 Å². The average molecular weight is 365 g/mol. The molecule has 0 spiro atoms. The molecule has 0 radical (unpaired) electrons. The lowest BCUT2D eigenvalue weighted by atomic mass is 10.1. The number of hydrogen-bond acceptors (Lipinski definition) is 7. The van der Waals surface area contributed by atoms with Crippen molar-refractivity contribution >= 4 is 5.91 Å². The summed E-state index contributed by atoms with van der Waals surface area (Å²) in [4.78, 5) is 23.7. The lowest BCUT2D eigenvalue weighted by Gasteiger charge is -2.39. The van der Waals surface area contributed by atoms with Crippen LogP contribution in [0.4, 0.5) is 0 Å². The number of nitrogens with zero attached hydrogens (tertiary/aromatic N) is 5. The van der Waals surface area contributed by atoms with Gasteiger partial charge in [-0.05, 0) is 12.8 Å². The maximum absolute atomic E-state index is 12.6. The number of amides is 1. The van der Waals surface area contributed by atoms with Crippen LogP contribution in [0, 0.1) is 5.92 Å². The van der Waals surface area contributed by atoms with Crippen molar-refractivity contribution < 1.29 is 14.1 Å². The van der Waals surface area contributed by atoms with E-state index in [1.807, 2.05) is 11.8 Å². The molecule has 26 heavy (non-hydrogen) atoms. The fraction of sp³-hybridized carbons (Fsp3) is 0.833. The SMILES string of the molecule is CC(C)Cc1nc(CN2CCN([C@H](C)C(=O)N3CCOCC3)CC2)no1. The van der Waals surface area contributed by atoms with Crippen molar-refractivity contribution in [3.8, 4) is 0 Å². The van der Waals surface area contributed by atoms with Crippen LogP contribution in [0.2, 0.25) is 0 Å². The van der Waals surface area contributed by atoms with Crippen molar-refractivity contribution in [2.75, 3.05) is 52.5 Å². The first-order chi connectivity index (χ1) is 12.5. The maximum Gasteiger partial charge on any atom is 0.239 e. The Kier molecular flexibility index (Phi) is 6.61. The zero-order valence-corrected chi connectivity index (χ0v) is 16.2. The van der Waals surface area contributed by atoms with Crippen molar-refractivity contribution in [1.82, 2.24) is 24.8 Å². The van der Waals surface area contributed by atoms with Gasteiger partial charge in [0.2, 0.25) is 11.8 Å². The number of aromatic nitrogens is 2. The van der Waals surface area contributed by atoms with Gasteiger partial charge >= 0.3 is 0 Å². The fourth-order valence-corrected chi connectivity index (χ4v) is 3.50. The molecule has 8 heteroatoms. The predicted octanol–water partition coefficient (Wildman–Crippen LogP) is 0.633. The van der Waals surface area contributed by atoms with Crippen molar-refractivity contribution in [2.45, 2.75) is 39.8 Å². The van der Waals surface area contributed by atoms with Gasteiger partial charge in [0.25, 0.3) is 0 Å². The highest BCUT2D eigenvalue weighted by Crippen LogP contribution is 2.13. The molecule has 8 nitrogen and oxygen atoms in total. The molecule has 1 atom stereocenters. The van der Waals surface area contributed by atoms with E-state index in [0.717, 1.165) is 44.3 Å². The van der Waals surface area contributed by atoms with Gasteiger partial charge in [-0.1, -0.05) is 19.0 Å². The Bertz CT molecular complexity index is 577. The van der Waals surface area contributed by atoms with Gasteiger partial charge in [0.05, 0.1) is 25.8 Å². The number of morpholine rings is 1. The largest absolute Gasteiger partial charge is 0.378 e. The molecule has 2 saturated heterocycles. The molecule has 2 aliphatic heterocycles. The highest BCUT2D eigenvalue weighted by atomic mass is 16.5. The highest BCUT2D eigenvalue weighted by Gasteiger charge is 2.29. The number of rotatable bonds is 6. The Morgan fingerprint density at radius 1 is 1.08 bits per heavy atom. The minimum absolute atomic E-state index is 0.0712. The molecule has 1 aromatic rings. The molecule has 0 saturated carbocycles. The van der Waals surface area contributed by atoms with Crippen LogP contribution in [0.25, 0.3) is 0 Å². The van der Waals surface area contributed by atoms with Gasteiger partial charge in [-0.25, -0.2) is 0 Å². The molecule has 1 aromatic heterocycles. The monoisotopic (exact) mass is 365 g/mol. The molecule has 0 unspecified atom stereocenters. The van der Waals surface area contributed by atoms with Gasteiger partial charge in [-0.3, -0.25) is 14.6 Å². The van der Waals surface area contributed by atoms with Crippen LogP contribution >= 0.6 is 0 Å². The first-order valence-corrected chi connectivity index (χ1v) is 9.67. The highest BCUT2D eigenvalue weighted by molar-refractivity contribution is 5.81. The van der Waals surface area contributed by atoms with Crippen LogP contribution in [-0.4, -0.2) is 89.3 Å². The van der Waals surface area contributed by atoms with Gasteiger partial charge in [0, 0.05) is 45.7 Å². The number of carbonyl (C=O) groups is 1. The number of hydrogen-bond donors (Lipinski definition) is 0. The Morgan fingerprint density at radius 3 is 2.42 bits per heavy atom.